The Kier molecular flexibility index (Phi) is 5.38. The zero-order chi connectivity index (χ0) is 18.4. The van der Waals surface area contributed by atoms with Gasteiger partial charge in [-0.2, -0.15) is 5.10 Å². The smallest absolute Gasteiger partial charge is 0.277 e. The summed E-state index contributed by atoms with van der Waals surface area (Å²) in [6, 6.07) is 14.7. The Morgan fingerprint density at radius 2 is 1.96 bits per heavy atom. The lowest BCUT2D eigenvalue weighted by Crippen LogP contribution is -2.25. The Labute approximate surface area is 149 Å². The van der Waals surface area contributed by atoms with Crippen LogP contribution in [0.1, 0.15) is 12.5 Å². The van der Waals surface area contributed by atoms with Gasteiger partial charge in [-0.25, -0.2) is 9.82 Å². The van der Waals surface area contributed by atoms with Crippen LogP contribution in [-0.2, 0) is 4.79 Å². The van der Waals surface area contributed by atoms with Crippen LogP contribution in [0.2, 0.25) is 0 Å². The van der Waals surface area contributed by atoms with E-state index in [2.05, 4.69) is 15.7 Å². The van der Waals surface area contributed by atoms with Crippen LogP contribution in [-0.4, -0.2) is 23.4 Å². The molecule has 0 fully saturated rings. The molecule has 3 aromatic rings. The summed E-state index contributed by atoms with van der Waals surface area (Å²) in [6.45, 7) is 1.50. The molecule has 0 saturated heterocycles. The molecule has 7 heteroatoms. The van der Waals surface area contributed by atoms with Crippen molar-refractivity contribution in [3.05, 3.63) is 72.2 Å². The molecule has 1 aromatic heterocycles. The molecular weight excluding hydrogens is 337 g/mol. The molecule has 0 bridgehead atoms. The third kappa shape index (κ3) is 4.32. The number of hydrogen-bond donors (Lipinski definition) is 1. The number of benzene rings is 2. The summed E-state index contributed by atoms with van der Waals surface area (Å²) >= 11 is 0. The lowest BCUT2D eigenvalue weighted by atomic mass is 10.1. The molecule has 6 nitrogen and oxygen atoms in total. The van der Waals surface area contributed by atoms with Crippen molar-refractivity contribution in [2.24, 2.45) is 5.10 Å². The van der Waals surface area contributed by atoms with Crippen LogP contribution in [0, 0.1) is 5.82 Å². The molecule has 1 amide bonds. The minimum Gasteiger partial charge on any atom is -0.483 e. The first-order chi connectivity index (χ1) is 12.6. The van der Waals surface area contributed by atoms with E-state index in [0.717, 1.165) is 0 Å². The quantitative estimate of drug-likeness (QED) is 0.544. The van der Waals surface area contributed by atoms with E-state index < -0.39 is 5.91 Å². The number of hydrazone groups is 1. The normalized spacial score (nSPS) is 11.2. The molecule has 2 aromatic carbocycles. The molecule has 132 valence electrons. The van der Waals surface area contributed by atoms with Crippen molar-refractivity contribution in [2.75, 3.05) is 6.61 Å². The molecule has 3 rings (SSSR count). The van der Waals surface area contributed by atoms with Crippen LogP contribution in [0.3, 0.4) is 0 Å². The minimum atomic E-state index is -0.418. The van der Waals surface area contributed by atoms with Gasteiger partial charge in [0.05, 0.1) is 17.5 Å². The highest BCUT2D eigenvalue weighted by Gasteiger charge is 2.10. The van der Waals surface area contributed by atoms with E-state index in [1.807, 2.05) is 12.1 Å². The minimum absolute atomic E-state index is 0.217. The van der Waals surface area contributed by atoms with Gasteiger partial charge >= 0.3 is 0 Å². The van der Waals surface area contributed by atoms with Crippen molar-refractivity contribution in [3.8, 4) is 17.1 Å². The Bertz CT molecular complexity index is 906. The number of amides is 1. The van der Waals surface area contributed by atoms with E-state index in [-0.39, 0.29) is 12.4 Å². The molecule has 0 spiro atoms. The standard InChI is InChI=1S/C19H16FN3O3/c1-13(14-6-8-15(20)9-7-14)22-23-19(24)12-25-17-5-3-2-4-16(17)18-10-11-21-26-18/h2-11H,12H2,1H3,(H,23,24)/b22-13+. The highest BCUT2D eigenvalue weighted by Crippen LogP contribution is 2.29. The van der Waals surface area contributed by atoms with Gasteiger partial charge in [0.15, 0.2) is 12.4 Å². The summed E-state index contributed by atoms with van der Waals surface area (Å²) in [7, 11) is 0. The van der Waals surface area contributed by atoms with Gasteiger partial charge < -0.3 is 9.26 Å². The second-order valence-corrected chi connectivity index (χ2v) is 5.40. The number of para-hydroxylation sites is 1. The number of carbonyl (C=O) groups is 1. The average molecular weight is 353 g/mol. The molecule has 0 atom stereocenters. The molecule has 0 aliphatic heterocycles. The Balaban J connectivity index is 1.60. The van der Waals surface area contributed by atoms with E-state index in [1.165, 1.54) is 18.3 Å². The van der Waals surface area contributed by atoms with Gasteiger partial charge in [-0.15, -0.1) is 0 Å². The van der Waals surface area contributed by atoms with Gasteiger partial charge in [0, 0.05) is 6.07 Å². The maximum atomic E-state index is 12.9. The van der Waals surface area contributed by atoms with E-state index in [4.69, 9.17) is 9.26 Å². The zero-order valence-electron chi connectivity index (χ0n) is 14.0. The van der Waals surface area contributed by atoms with Crippen molar-refractivity contribution >= 4 is 11.6 Å². The van der Waals surface area contributed by atoms with Crippen LogP contribution < -0.4 is 10.2 Å². The van der Waals surface area contributed by atoms with Crippen molar-refractivity contribution in [1.82, 2.24) is 10.6 Å². The zero-order valence-corrected chi connectivity index (χ0v) is 14.0. The van der Waals surface area contributed by atoms with Gasteiger partial charge in [0.1, 0.15) is 11.6 Å². The third-order valence-electron chi connectivity index (χ3n) is 3.56. The van der Waals surface area contributed by atoms with E-state index in [1.54, 1.807) is 37.3 Å². The molecule has 1 N–H and O–H groups in total. The number of rotatable bonds is 6. The molecule has 1 heterocycles. The second kappa shape index (κ2) is 8.06. The fourth-order valence-electron chi connectivity index (χ4n) is 2.23. The first-order valence-electron chi connectivity index (χ1n) is 7.85. The van der Waals surface area contributed by atoms with Gasteiger partial charge in [-0.1, -0.05) is 29.4 Å². The lowest BCUT2D eigenvalue weighted by Gasteiger charge is -2.09. The maximum absolute atomic E-state index is 12.9. The number of halogens is 1. The molecule has 0 unspecified atom stereocenters. The van der Waals surface area contributed by atoms with Gasteiger partial charge in [0.2, 0.25) is 0 Å². The second-order valence-electron chi connectivity index (χ2n) is 5.40. The summed E-state index contributed by atoms with van der Waals surface area (Å²) in [5, 5.41) is 7.66. The summed E-state index contributed by atoms with van der Waals surface area (Å²) in [5.74, 6) is 0.299. The Morgan fingerprint density at radius 1 is 1.19 bits per heavy atom. The number of hydrogen-bond acceptors (Lipinski definition) is 5. The van der Waals surface area contributed by atoms with Crippen molar-refractivity contribution in [3.63, 3.8) is 0 Å². The van der Waals surface area contributed by atoms with Crippen LogP contribution in [0.25, 0.3) is 11.3 Å². The average Bonchev–Trinajstić information content (AvgIpc) is 3.20. The van der Waals surface area contributed by atoms with Crippen molar-refractivity contribution < 1.29 is 18.4 Å². The largest absolute Gasteiger partial charge is 0.483 e. The first kappa shape index (κ1) is 17.3. The number of aromatic nitrogens is 1. The number of ether oxygens (including phenoxy) is 1. The van der Waals surface area contributed by atoms with Crippen LogP contribution >= 0.6 is 0 Å². The summed E-state index contributed by atoms with van der Waals surface area (Å²) in [6.07, 6.45) is 1.53. The maximum Gasteiger partial charge on any atom is 0.277 e. The first-order valence-corrected chi connectivity index (χ1v) is 7.85. The van der Waals surface area contributed by atoms with E-state index >= 15 is 0 Å². The summed E-state index contributed by atoms with van der Waals surface area (Å²) < 4.78 is 23.6. The predicted molar refractivity (Wildman–Crippen MR) is 94.2 cm³/mol. The Hall–Kier alpha value is -3.48. The Morgan fingerprint density at radius 3 is 2.69 bits per heavy atom. The van der Waals surface area contributed by atoms with Gasteiger partial charge in [0.25, 0.3) is 5.91 Å². The number of nitrogens with zero attached hydrogens (tertiary/aromatic N) is 2. The van der Waals surface area contributed by atoms with E-state index in [9.17, 15) is 9.18 Å². The molecule has 0 aliphatic carbocycles. The molecule has 0 aliphatic rings. The molecular formula is C19H16FN3O3. The van der Waals surface area contributed by atoms with Crippen LogP contribution in [0.4, 0.5) is 4.39 Å². The highest BCUT2D eigenvalue weighted by atomic mass is 19.1. The fourth-order valence-corrected chi connectivity index (χ4v) is 2.23. The van der Waals surface area contributed by atoms with Crippen molar-refractivity contribution in [1.29, 1.82) is 0 Å². The third-order valence-corrected chi connectivity index (χ3v) is 3.56. The van der Waals surface area contributed by atoms with Gasteiger partial charge in [-0.05, 0) is 36.8 Å². The summed E-state index contributed by atoms with van der Waals surface area (Å²) in [5.41, 5.74) is 4.38. The number of nitrogens with one attached hydrogen (secondary N) is 1. The monoisotopic (exact) mass is 353 g/mol. The van der Waals surface area contributed by atoms with Gasteiger partial charge in [-0.3, -0.25) is 4.79 Å². The number of carbonyl (C=O) groups excluding carboxylic acids is 1. The molecule has 26 heavy (non-hydrogen) atoms. The topological polar surface area (TPSA) is 76.7 Å². The van der Waals surface area contributed by atoms with Crippen LogP contribution in [0.15, 0.2) is 70.4 Å². The van der Waals surface area contributed by atoms with Crippen LogP contribution in [0.5, 0.6) is 5.75 Å². The predicted octanol–water partition coefficient (Wildman–Crippen LogP) is 3.40. The van der Waals surface area contributed by atoms with E-state index in [0.29, 0.717) is 28.3 Å². The fraction of sp³-hybridized carbons (Fsp3) is 0.105. The molecule has 0 saturated carbocycles. The summed E-state index contributed by atoms with van der Waals surface area (Å²) in [4.78, 5) is 12.0. The van der Waals surface area contributed by atoms with Crippen molar-refractivity contribution in [2.45, 2.75) is 6.92 Å². The lowest BCUT2D eigenvalue weighted by molar-refractivity contribution is -0.123. The SMILES string of the molecule is C/C(=N\NC(=O)COc1ccccc1-c1ccno1)c1ccc(F)cc1. The highest BCUT2D eigenvalue weighted by molar-refractivity contribution is 5.99. The molecule has 0 radical (unpaired) electrons.